The molecule has 0 fully saturated rings. The Morgan fingerprint density at radius 3 is 2.15 bits per heavy atom. The number of benzene rings is 3. The first-order chi connectivity index (χ1) is 13.2. The predicted octanol–water partition coefficient (Wildman–Crippen LogP) is 5.30. The van der Waals surface area contributed by atoms with Gasteiger partial charge in [-0.1, -0.05) is 42.5 Å². The van der Waals surface area contributed by atoms with E-state index in [9.17, 15) is 4.79 Å². The minimum absolute atomic E-state index is 0.339. The summed E-state index contributed by atoms with van der Waals surface area (Å²) in [5.74, 6) is 0.483. The Kier molecular flexibility index (Phi) is 4.38. The van der Waals surface area contributed by atoms with Crippen molar-refractivity contribution in [3.8, 4) is 28.1 Å². The summed E-state index contributed by atoms with van der Waals surface area (Å²) < 4.78 is 10.1. The molecule has 0 radical (unpaired) electrons. The quantitative estimate of drug-likeness (QED) is 0.504. The number of hydrogen-bond acceptors (Lipinski definition) is 3. The Morgan fingerprint density at radius 2 is 1.48 bits per heavy atom. The van der Waals surface area contributed by atoms with Crippen molar-refractivity contribution in [2.24, 2.45) is 0 Å². The van der Waals surface area contributed by atoms with Crippen molar-refractivity contribution in [1.82, 2.24) is 4.98 Å². The van der Waals surface area contributed by atoms with Gasteiger partial charge >= 0.3 is 5.97 Å². The minimum atomic E-state index is -0.339. The van der Waals surface area contributed by atoms with Crippen LogP contribution in [0.3, 0.4) is 0 Å². The van der Waals surface area contributed by atoms with Crippen molar-refractivity contribution in [1.29, 1.82) is 0 Å². The summed E-state index contributed by atoms with van der Waals surface area (Å²) in [6.07, 6.45) is 0. The average Bonchev–Trinajstić information content (AvgIpc) is 3.13. The van der Waals surface area contributed by atoms with Crippen molar-refractivity contribution >= 4 is 16.9 Å². The van der Waals surface area contributed by atoms with E-state index < -0.39 is 0 Å². The Morgan fingerprint density at radius 1 is 0.815 bits per heavy atom. The lowest BCUT2D eigenvalue weighted by molar-refractivity contribution is 0.0601. The van der Waals surface area contributed by atoms with Crippen LogP contribution >= 0.6 is 0 Å². The number of methoxy groups -OCH3 is 2. The maximum atomic E-state index is 11.7. The van der Waals surface area contributed by atoms with E-state index in [2.05, 4.69) is 29.2 Å². The number of aromatic nitrogens is 1. The number of aromatic amines is 1. The van der Waals surface area contributed by atoms with E-state index in [1.54, 1.807) is 19.2 Å². The highest BCUT2D eigenvalue weighted by Crippen LogP contribution is 2.38. The van der Waals surface area contributed by atoms with E-state index in [0.29, 0.717) is 5.56 Å². The van der Waals surface area contributed by atoms with Gasteiger partial charge in [0.15, 0.2) is 0 Å². The van der Waals surface area contributed by atoms with Gasteiger partial charge in [-0.25, -0.2) is 4.79 Å². The van der Waals surface area contributed by atoms with Crippen LogP contribution < -0.4 is 4.74 Å². The van der Waals surface area contributed by atoms with Crippen LogP contribution in [0.5, 0.6) is 5.75 Å². The van der Waals surface area contributed by atoms with E-state index in [1.165, 1.54) is 7.11 Å². The first-order valence-electron chi connectivity index (χ1n) is 8.65. The zero-order valence-corrected chi connectivity index (χ0v) is 15.2. The fraction of sp³-hybridized carbons (Fsp3) is 0.0870. The average molecular weight is 357 g/mol. The Labute approximate surface area is 157 Å². The molecule has 0 aliphatic carbocycles. The van der Waals surface area contributed by atoms with Gasteiger partial charge < -0.3 is 14.5 Å². The summed E-state index contributed by atoms with van der Waals surface area (Å²) in [5.41, 5.74) is 5.83. The largest absolute Gasteiger partial charge is 0.497 e. The Bertz CT molecular complexity index is 1090. The predicted molar refractivity (Wildman–Crippen MR) is 107 cm³/mol. The summed E-state index contributed by atoms with van der Waals surface area (Å²) in [6.45, 7) is 0. The first kappa shape index (κ1) is 16.9. The highest BCUT2D eigenvalue weighted by atomic mass is 16.5. The number of para-hydroxylation sites is 1. The second-order valence-electron chi connectivity index (χ2n) is 6.22. The van der Waals surface area contributed by atoms with Crippen LogP contribution in [-0.4, -0.2) is 25.2 Å². The minimum Gasteiger partial charge on any atom is -0.497 e. The second kappa shape index (κ2) is 7.00. The fourth-order valence-corrected chi connectivity index (χ4v) is 3.31. The lowest BCUT2D eigenvalue weighted by Gasteiger charge is -2.08. The number of nitrogens with one attached hydrogen (secondary N) is 1. The fourth-order valence-electron chi connectivity index (χ4n) is 3.31. The molecule has 3 aromatic carbocycles. The zero-order chi connectivity index (χ0) is 18.8. The molecule has 1 aromatic heterocycles. The molecule has 0 spiro atoms. The Hall–Kier alpha value is -3.53. The monoisotopic (exact) mass is 357 g/mol. The maximum Gasteiger partial charge on any atom is 0.337 e. The van der Waals surface area contributed by atoms with Crippen LogP contribution in [-0.2, 0) is 4.74 Å². The lowest BCUT2D eigenvalue weighted by atomic mass is 9.98. The van der Waals surface area contributed by atoms with Crippen LogP contribution in [0.15, 0.2) is 72.8 Å². The molecule has 0 amide bonds. The van der Waals surface area contributed by atoms with Gasteiger partial charge in [-0.3, -0.25) is 0 Å². The van der Waals surface area contributed by atoms with E-state index in [-0.39, 0.29) is 5.97 Å². The molecule has 0 atom stereocenters. The van der Waals surface area contributed by atoms with Gasteiger partial charge in [0.05, 0.1) is 25.5 Å². The molecular formula is C23H19NO3. The molecular weight excluding hydrogens is 338 g/mol. The van der Waals surface area contributed by atoms with Gasteiger partial charge in [0.25, 0.3) is 0 Å². The van der Waals surface area contributed by atoms with E-state index in [4.69, 9.17) is 9.47 Å². The number of fused-ring (bicyclic) bond motifs is 1. The molecule has 0 saturated heterocycles. The number of carbonyl (C=O) groups excluding carboxylic acids is 1. The van der Waals surface area contributed by atoms with Gasteiger partial charge in [0, 0.05) is 16.5 Å². The standard InChI is InChI=1S/C23H19NO3/c1-26-18-13-11-15(12-14-18)21-19-5-3-4-6-20(19)24-22(21)16-7-9-17(10-8-16)23(25)27-2/h3-14,24H,1-2H3. The molecule has 0 saturated carbocycles. The van der Waals surface area contributed by atoms with Gasteiger partial charge in [-0.15, -0.1) is 0 Å². The normalized spacial score (nSPS) is 10.7. The summed E-state index contributed by atoms with van der Waals surface area (Å²) in [5, 5.41) is 1.15. The van der Waals surface area contributed by atoms with Crippen molar-refractivity contribution < 1.29 is 14.3 Å². The second-order valence-corrected chi connectivity index (χ2v) is 6.22. The highest BCUT2D eigenvalue weighted by Gasteiger charge is 2.15. The molecule has 0 aliphatic rings. The summed E-state index contributed by atoms with van der Waals surface area (Å²) in [7, 11) is 3.05. The SMILES string of the molecule is COC(=O)c1ccc(-c2[nH]c3ccccc3c2-c2ccc(OC)cc2)cc1. The topological polar surface area (TPSA) is 51.3 Å². The van der Waals surface area contributed by atoms with E-state index >= 15 is 0 Å². The van der Waals surface area contributed by atoms with E-state index in [0.717, 1.165) is 39.0 Å². The molecule has 0 unspecified atom stereocenters. The van der Waals surface area contributed by atoms with Crippen molar-refractivity contribution in [2.45, 2.75) is 0 Å². The third-order valence-electron chi connectivity index (χ3n) is 4.68. The van der Waals surface area contributed by atoms with Crippen molar-refractivity contribution in [2.75, 3.05) is 14.2 Å². The lowest BCUT2D eigenvalue weighted by Crippen LogP contribution is -2.00. The summed E-state index contributed by atoms with van der Waals surface area (Å²) in [6, 6.07) is 23.7. The number of H-pyrrole nitrogens is 1. The number of rotatable bonds is 4. The molecule has 4 nitrogen and oxygen atoms in total. The van der Waals surface area contributed by atoms with Crippen LogP contribution in [0.4, 0.5) is 0 Å². The molecule has 0 aliphatic heterocycles. The van der Waals surface area contributed by atoms with Crippen LogP contribution in [0.25, 0.3) is 33.3 Å². The van der Waals surface area contributed by atoms with Crippen LogP contribution in [0.1, 0.15) is 10.4 Å². The summed E-state index contributed by atoms with van der Waals surface area (Å²) in [4.78, 5) is 15.2. The molecule has 0 bridgehead atoms. The van der Waals surface area contributed by atoms with Gasteiger partial charge in [-0.05, 0) is 41.5 Å². The molecule has 4 aromatic rings. The molecule has 4 rings (SSSR count). The third kappa shape index (κ3) is 3.06. The highest BCUT2D eigenvalue weighted by molar-refractivity contribution is 6.04. The van der Waals surface area contributed by atoms with E-state index in [1.807, 2.05) is 36.4 Å². The molecule has 1 N–H and O–H groups in total. The van der Waals surface area contributed by atoms with Crippen molar-refractivity contribution in [3.05, 3.63) is 78.4 Å². The number of esters is 1. The smallest absolute Gasteiger partial charge is 0.337 e. The molecule has 4 heteroatoms. The molecule has 27 heavy (non-hydrogen) atoms. The maximum absolute atomic E-state index is 11.7. The first-order valence-corrected chi connectivity index (χ1v) is 8.65. The molecule has 134 valence electrons. The molecule has 1 heterocycles. The summed E-state index contributed by atoms with van der Waals surface area (Å²) >= 11 is 0. The number of ether oxygens (including phenoxy) is 2. The van der Waals surface area contributed by atoms with Crippen molar-refractivity contribution in [3.63, 3.8) is 0 Å². The number of carbonyl (C=O) groups is 1. The van der Waals surface area contributed by atoms with Gasteiger partial charge in [-0.2, -0.15) is 0 Å². The van der Waals surface area contributed by atoms with Gasteiger partial charge in [0.1, 0.15) is 5.75 Å². The van der Waals surface area contributed by atoms with Crippen LogP contribution in [0.2, 0.25) is 0 Å². The zero-order valence-electron chi connectivity index (χ0n) is 15.2. The Balaban J connectivity index is 1.88. The van der Waals surface area contributed by atoms with Gasteiger partial charge in [0.2, 0.25) is 0 Å². The van der Waals surface area contributed by atoms with Crippen LogP contribution in [0, 0.1) is 0 Å². The number of hydrogen-bond donors (Lipinski definition) is 1. The third-order valence-corrected chi connectivity index (χ3v) is 4.68.